The molecule has 0 aromatic heterocycles. The molecule has 1 aliphatic heterocycles. The zero-order valence-corrected chi connectivity index (χ0v) is 14.0. The smallest absolute Gasteiger partial charge is 0.373 e. The van der Waals surface area contributed by atoms with Crippen LogP contribution in [0.3, 0.4) is 0 Å². The third-order valence-electron chi connectivity index (χ3n) is 3.27. The van der Waals surface area contributed by atoms with Crippen molar-refractivity contribution in [3.05, 3.63) is 22.7 Å². The van der Waals surface area contributed by atoms with Gasteiger partial charge in [-0.15, -0.1) is 0 Å². The number of methoxy groups -OCH3 is 1. The highest BCUT2D eigenvalue weighted by atomic mass is 79.9. The number of nitrogens with zero attached hydrogens (tertiary/aromatic N) is 2. The van der Waals surface area contributed by atoms with Crippen LogP contribution in [0.25, 0.3) is 0 Å². The van der Waals surface area contributed by atoms with Crippen molar-refractivity contribution in [2.24, 2.45) is 4.99 Å². The highest BCUT2D eigenvalue weighted by Crippen LogP contribution is 2.31. The highest BCUT2D eigenvalue weighted by molar-refractivity contribution is 9.10. The number of anilines is 1. The van der Waals surface area contributed by atoms with Crippen molar-refractivity contribution >= 4 is 33.6 Å². The van der Waals surface area contributed by atoms with Gasteiger partial charge in [0.25, 0.3) is 0 Å². The molecular weight excluding hydrogens is 336 g/mol. The number of ether oxygens (including phenoxy) is 1. The van der Waals surface area contributed by atoms with Gasteiger partial charge in [0, 0.05) is 24.7 Å². The quantitative estimate of drug-likeness (QED) is 0.832. The number of amidine groups is 1. The van der Waals surface area contributed by atoms with Gasteiger partial charge in [-0.1, -0.05) is 13.8 Å². The third kappa shape index (κ3) is 4.41. The second-order valence-corrected chi connectivity index (χ2v) is 5.33. The molecule has 0 amide bonds. The van der Waals surface area contributed by atoms with Crippen molar-refractivity contribution in [3.8, 4) is 5.75 Å². The van der Waals surface area contributed by atoms with E-state index in [1.54, 1.807) is 7.11 Å². The lowest BCUT2D eigenvalue weighted by Gasteiger charge is -2.21. The second kappa shape index (κ2) is 8.60. The van der Waals surface area contributed by atoms with Crippen LogP contribution in [0.4, 0.5) is 5.69 Å². The molecule has 1 aliphatic rings. The Morgan fingerprint density at radius 1 is 1.43 bits per heavy atom. The Balaban J connectivity index is 0.000000677. The van der Waals surface area contributed by atoms with Gasteiger partial charge in [0.1, 0.15) is 11.6 Å². The summed E-state index contributed by atoms with van der Waals surface area (Å²) < 4.78 is 6.34. The van der Waals surface area contributed by atoms with E-state index in [2.05, 4.69) is 46.8 Å². The van der Waals surface area contributed by atoms with Gasteiger partial charge in [0.15, 0.2) is 0 Å². The lowest BCUT2D eigenvalue weighted by molar-refractivity contribution is -0.191. The van der Waals surface area contributed by atoms with Crippen LogP contribution in [0.15, 0.2) is 27.7 Å². The first-order valence-electron chi connectivity index (χ1n) is 6.78. The van der Waals surface area contributed by atoms with Gasteiger partial charge < -0.3 is 9.64 Å². The van der Waals surface area contributed by atoms with Crippen LogP contribution in [-0.4, -0.2) is 31.7 Å². The summed E-state index contributed by atoms with van der Waals surface area (Å²) in [5.41, 5.74) is 1.16. The molecule has 1 unspecified atom stereocenters. The molecule has 0 N–H and O–H groups in total. The van der Waals surface area contributed by atoms with E-state index < -0.39 is 0 Å². The molecule has 1 atom stereocenters. The molecule has 0 fully saturated rings. The Kier molecular flexibility index (Phi) is 7.12. The molecule has 1 aromatic rings. The fraction of sp³-hybridized carbons (Fsp3) is 0.467. The molecule has 0 aliphatic carbocycles. The first-order chi connectivity index (χ1) is 10.1. The van der Waals surface area contributed by atoms with Gasteiger partial charge in [-0.2, -0.15) is 9.59 Å². The highest BCUT2D eigenvalue weighted by Gasteiger charge is 2.24. The second-order valence-electron chi connectivity index (χ2n) is 4.47. The summed E-state index contributed by atoms with van der Waals surface area (Å²) in [6, 6.07) is 6.62. The van der Waals surface area contributed by atoms with E-state index >= 15 is 0 Å². The summed E-state index contributed by atoms with van der Waals surface area (Å²) in [6.45, 7) is 5.32. The summed E-state index contributed by atoms with van der Waals surface area (Å²) >= 11 is 3.48. The molecule has 0 radical (unpaired) electrons. The Hall–Kier alpha value is -1.65. The van der Waals surface area contributed by atoms with E-state index in [0.29, 0.717) is 6.04 Å². The maximum absolute atomic E-state index is 8.12. The van der Waals surface area contributed by atoms with Crippen molar-refractivity contribution in [1.29, 1.82) is 0 Å². The van der Waals surface area contributed by atoms with Crippen molar-refractivity contribution in [2.75, 3.05) is 18.6 Å². The minimum atomic E-state index is 0.250. The molecule has 2 rings (SSSR count). The predicted molar refractivity (Wildman–Crippen MR) is 84.9 cm³/mol. The first-order valence-corrected chi connectivity index (χ1v) is 7.57. The normalized spacial score (nSPS) is 16.7. The number of hydrogen-bond acceptors (Lipinski definition) is 5. The minimum Gasteiger partial charge on any atom is -0.495 e. The number of carbonyl (C=O) groups excluding carboxylic acids is 2. The SMILES string of the molecule is CCC1=NC(CC)CN1c1ccc(Br)c(OC)c1.O=C=O. The van der Waals surface area contributed by atoms with Gasteiger partial charge in [-0.3, -0.25) is 4.99 Å². The van der Waals surface area contributed by atoms with Crippen molar-refractivity contribution in [1.82, 2.24) is 0 Å². The summed E-state index contributed by atoms with van der Waals surface area (Å²) in [7, 11) is 1.69. The maximum atomic E-state index is 8.12. The summed E-state index contributed by atoms with van der Waals surface area (Å²) in [6.07, 6.45) is 2.31. The van der Waals surface area contributed by atoms with Gasteiger partial charge in [-0.05, 0) is 34.5 Å². The molecule has 0 saturated heterocycles. The molecule has 0 bridgehead atoms. The monoisotopic (exact) mass is 354 g/mol. The first kappa shape index (κ1) is 17.4. The summed E-state index contributed by atoms with van der Waals surface area (Å²) in [5.74, 6) is 2.04. The molecule has 21 heavy (non-hydrogen) atoms. The van der Waals surface area contributed by atoms with Crippen LogP contribution in [0, 0.1) is 0 Å². The van der Waals surface area contributed by atoms with E-state index in [1.165, 1.54) is 5.84 Å². The Morgan fingerprint density at radius 3 is 2.62 bits per heavy atom. The zero-order valence-electron chi connectivity index (χ0n) is 12.4. The number of aliphatic imine (C=N–C) groups is 1. The van der Waals surface area contributed by atoms with Crippen LogP contribution >= 0.6 is 15.9 Å². The lowest BCUT2D eigenvalue weighted by Crippen LogP contribution is -2.28. The lowest BCUT2D eigenvalue weighted by atomic mass is 10.2. The van der Waals surface area contributed by atoms with E-state index in [-0.39, 0.29) is 6.15 Å². The van der Waals surface area contributed by atoms with Gasteiger partial charge >= 0.3 is 6.15 Å². The Labute approximate surface area is 133 Å². The van der Waals surface area contributed by atoms with E-state index in [1.807, 2.05) is 6.07 Å². The van der Waals surface area contributed by atoms with Crippen LogP contribution in [0.2, 0.25) is 0 Å². The molecular formula is C15H19BrN2O3. The zero-order chi connectivity index (χ0) is 15.8. The van der Waals surface area contributed by atoms with Gasteiger partial charge in [0.2, 0.25) is 0 Å². The third-order valence-corrected chi connectivity index (χ3v) is 3.93. The average molecular weight is 355 g/mol. The Morgan fingerprint density at radius 2 is 2.10 bits per heavy atom. The minimum absolute atomic E-state index is 0.250. The predicted octanol–water partition coefficient (Wildman–Crippen LogP) is 3.28. The van der Waals surface area contributed by atoms with Gasteiger partial charge in [-0.25, -0.2) is 0 Å². The summed E-state index contributed by atoms with van der Waals surface area (Å²) in [4.78, 5) is 23.3. The van der Waals surface area contributed by atoms with Crippen LogP contribution in [-0.2, 0) is 9.59 Å². The van der Waals surface area contributed by atoms with Crippen molar-refractivity contribution in [3.63, 3.8) is 0 Å². The maximum Gasteiger partial charge on any atom is 0.373 e. The fourth-order valence-electron chi connectivity index (χ4n) is 2.21. The molecule has 0 spiro atoms. The fourth-order valence-corrected chi connectivity index (χ4v) is 2.62. The molecule has 5 nitrogen and oxygen atoms in total. The van der Waals surface area contributed by atoms with Gasteiger partial charge in [0.05, 0.1) is 17.6 Å². The van der Waals surface area contributed by atoms with E-state index in [9.17, 15) is 0 Å². The van der Waals surface area contributed by atoms with Crippen LogP contribution < -0.4 is 9.64 Å². The molecule has 1 heterocycles. The molecule has 1 aromatic carbocycles. The number of benzene rings is 1. The standard InChI is InChI=1S/C14H19BrN2O.CO2/c1-4-10-9-17(14(5-2)16-10)11-6-7-12(15)13(8-11)18-3;2-1-3/h6-8,10H,4-5,9H2,1-3H3;. The van der Waals surface area contributed by atoms with E-state index in [0.717, 1.165) is 35.3 Å². The number of rotatable bonds is 4. The van der Waals surface area contributed by atoms with Crippen molar-refractivity contribution < 1.29 is 14.3 Å². The topological polar surface area (TPSA) is 59.0 Å². The molecule has 0 saturated carbocycles. The summed E-state index contributed by atoms with van der Waals surface area (Å²) in [5, 5.41) is 0. The largest absolute Gasteiger partial charge is 0.495 e. The Bertz CT molecular complexity index is 540. The van der Waals surface area contributed by atoms with E-state index in [4.69, 9.17) is 19.3 Å². The molecule has 114 valence electrons. The number of halogens is 1. The van der Waals surface area contributed by atoms with Crippen LogP contribution in [0.5, 0.6) is 5.75 Å². The average Bonchev–Trinajstić information content (AvgIpc) is 2.92. The molecule has 6 heteroatoms. The van der Waals surface area contributed by atoms with Crippen molar-refractivity contribution in [2.45, 2.75) is 32.7 Å². The van der Waals surface area contributed by atoms with Crippen LogP contribution in [0.1, 0.15) is 26.7 Å². The number of hydrogen-bond donors (Lipinski definition) is 0.